The van der Waals surface area contributed by atoms with Crippen LogP contribution in [0.1, 0.15) is 13.8 Å². The molecule has 0 aromatic rings. The predicted molar refractivity (Wildman–Crippen MR) is 36.2 cm³/mol. The topological polar surface area (TPSA) is 81.1 Å². The molecule has 6 heteroatoms. The molecule has 0 aliphatic carbocycles. The molecular formula is C6H10N2O4. The molecule has 6 nitrogen and oxygen atoms in total. The third-order valence-electron chi connectivity index (χ3n) is 1.90. The summed E-state index contributed by atoms with van der Waals surface area (Å²) in [4.78, 5) is 22.0. The molecule has 1 aliphatic heterocycles. The molecule has 0 spiro atoms. The fraction of sp³-hybridized carbons (Fsp3) is 0.667. The van der Waals surface area contributed by atoms with Crippen LogP contribution in [0.3, 0.4) is 0 Å². The van der Waals surface area contributed by atoms with Crippen LogP contribution in [0.2, 0.25) is 0 Å². The Labute approximate surface area is 68.9 Å². The second kappa shape index (κ2) is 2.72. The summed E-state index contributed by atoms with van der Waals surface area (Å²) in [7, 11) is 0. The van der Waals surface area contributed by atoms with Gasteiger partial charge in [0, 0.05) is 0 Å². The van der Waals surface area contributed by atoms with Crippen molar-refractivity contribution in [3.05, 3.63) is 0 Å². The third-order valence-corrected chi connectivity index (χ3v) is 1.90. The Balaban J connectivity index is 2.91. The van der Waals surface area contributed by atoms with Gasteiger partial charge in [-0.15, -0.1) is 0 Å². The van der Waals surface area contributed by atoms with Gasteiger partial charge in [0.15, 0.2) is 0 Å². The molecule has 12 heavy (non-hydrogen) atoms. The van der Waals surface area contributed by atoms with Crippen molar-refractivity contribution >= 4 is 11.8 Å². The quantitative estimate of drug-likeness (QED) is 0.472. The zero-order valence-corrected chi connectivity index (χ0v) is 6.76. The van der Waals surface area contributed by atoms with Gasteiger partial charge in [0.25, 0.3) is 11.8 Å². The number of hydrogen-bond acceptors (Lipinski definition) is 4. The normalized spacial score (nSPS) is 31.3. The predicted octanol–water partition coefficient (Wildman–Crippen LogP) is -0.787. The second-order valence-electron chi connectivity index (χ2n) is 2.72. The van der Waals surface area contributed by atoms with E-state index in [2.05, 4.69) is 0 Å². The van der Waals surface area contributed by atoms with Gasteiger partial charge in [-0.05, 0) is 13.8 Å². The van der Waals surface area contributed by atoms with E-state index in [-0.39, 0.29) is 0 Å². The molecule has 68 valence electrons. The van der Waals surface area contributed by atoms with Crippen LogP contribution in [0.4, 0.5) is 0 Å². The molecule has 1 heterocycles. The Morgan fingerprint density at radius 2 is 1.25 bits per heavy atom. The van der Waals surface area contributed by atoms with Crippen LogP contribution in [0.15, 0.2) is 0 Å². The molecule has 0 aromatic heterocycles. The van der Waals surface area contributed by atoms with Crippen LogP contribution in [0.5, 0.6) is 0 Å². The monoisotopic (exact) mass is 174 g/mol. The molecule has 1 rings (SSSR count). The average Bonchev–Trinajstić information content (AvgIpc) is 2.08. The average molecular weight is 174 g/mol. The molecule has 0 radical (unpaired) electrons. The maximum atomic E-state index is 11.0. The highest BCUT2D eigenvalue weighted by Gasteiger charge is 2.41. The van der Waals surface area contributed by atoms with E-state index < -0.39 is 23.9 Å². The van der Waals surface area contributed by atoms with Gasteiger partial charge in [-0.25, -0.2) is 10.1 Å². The van der Waals surface area contributed by atoms with E-state index in [0.29, 0.717) is 10.1 Å². The summed E-state index contributed by atoms with van der Waals surface area (Å²) in [5, 5.41) is 18.7. The lowest BCUT2D eigenvalue weighted by Gasteiger charge is -2.35. The van der Waals surface area contributed by atoms with Crippen LogP contribution in [-0.4, -0.2) is 44.4 Å². The molecule has 2 atom stereocenters. The number of rotatable bonds is 0. The SMILES string of the molecule is CC1C(=O)N(O)C(C)C(=O)N1O. The summed E-state index contributed by atoms with van der Waals surface area (Å²) in [6, 6.07) is -2.03. The molecule has 2 N–H and O–H groups in total. The number of nitrogens with zero attached hydrogens (tertiary/aromatic N) is 2. The number of piperazine rings is 1. The number of amides is 2. The van der Waals surface area contributed by atoms with Gasteiger partial charge in [-0.1, -0.05) is 0 Å². The van der Waals surface area contributed by atoms with Crippen molar-refractivity contribution < 1.29 is 20.0 Å². The first kappa shape index (κ1) is 8.95. The van der Waals surface area contributed by atoms with Crippen molar-refractivity contribution in [2.45, 2.75) is 25.9 Å². The fourth-order valence-electron chi connectivity index (χ4n) is 0.974. The van der Waals surface area contributed by atoms with Crippen LogP contribution >= 0.6 is 0 Å². The summed E-state index contributed by atoms with van der Waals surface area (Å²) < 4.78 is 0. The first-order valence-electron chi connectivity index (χ1n) is 3.50. The van der Waals surface area contributed by atoms with E-state index >= 15 is 0 Å². The van der Waals surface area contributed by atoms with Crippen LogP contribution in [0, 0.1) is 0 Å². The Kier molecular flexibility index (Phi) is 2.03. The Morgan fingerprint density at radius 1 is 1.00 bits per heavy atom. The number of carbonyl (C=O) groups is 2. The third kappa shape index (κ3) is 1.05. The van der Waals surface area contributed by atoms with Gasteiger partial charge in [0.2, 0.25) is 0 Å². The smallest absolute Gasteiger partial charge is 0.271 e. The summed E-state index contributed by atoms with van der Waals surface area (Å²) in [5.74, 6) is -1.38. The van der Waals surface area contributed by atoms with Crippen LogP contribution < -0.4 is 0 Å². The van der Waals surface area contributed by atoms with E-state index in [1.54, 1.807) is 0 Å². The highest BCUT2D eigenvalue weighted by molar-refractivity contribution is 5.94. The summed E-state index contributed by atoms with van der Waals surface area (Å²) in [6.45, 7) is 2.66. The zero-order chi connectivity index (χ0) is 9.46. The lowest BCUT2D eigenvalue weighted by atomic mass is 10.1. The van der Waals surface area contributed by atoms with Crippen LogP contribution in [-0.2, 0) is 9.59 Å². The van der Waals surface area contributed by atoms with Crippen molar-refractivity contribution in [1.82, 2.24) is 10.1 Å². The molecule has 1 aliphatic rings. The number of hydroxylamine groups is 4. The first-order valence-corrected chi connectivity index (χ1v) is 3.50. The number of hydrogen-bond donors (Lipinski definition) is 2. The van der Waals surface area contributed by atoms with E-state index in [1.165, 1.54) is 13.8 Å². The number of carbonyl (C=O) groups excluding carboxylic acids is 2. The minimum absolute atomic E-state index is 0.333. The molecule has 2 unspecified atom stereocenters. The molecule has 1 fully saturated rings. The van der Waals surface area contributed by atoms with Crippen molar-refractivity contribution in [3.8, 4) is 0 Å². The van der Waals surface area contributed by atoms with E-state index in [4.69, 9.17) is 10.4 Å². The van der Waals surface area contributed by atoms with Crippen molar-refractivity contribution in [3.63, 3.8) is 0 Å². The maximum absolute atomic E-state index is 11.0. The zero-order valence-electron chi connectivity index (χ0n) is 6.76. The Hall–Kier alpha value is -1.14. The minimum Gasteiger partial charge on any atom is -0.285 e. The minimum atomic E-state index is -1.02. The molecular weight excluding hydrogens is 164 g/mol. The lowest BCUT2D eigenvalue weighted by Crippen LogP contribution is -2.60. The standard InChI is InChI=1S/C6H10N2O4/c1-3-5(9)8(12)4(2)6(10)7(3)11/h3-4,11-12H,1-2H3. The Bertz CT molecular complexity index is 186. The largest absolute Gasteiger partial charge is 0.285 e. The van der Waals surface area contributed by atoms with Crippen LogP contribution in [0.25, 0.3) is 0 Å². The Morgan fingerprint density at radius 3 is 1.50 bits per heavy atom. The fourth-order valence-corrected chi connectivity index (χ4v) is 0.974. The molecule has 0 aromatic carbocycles. The van der Waals surface area contributed by atoms with Crippen molar-refractivity contribution in [2.24, 2.45) is 0 Å². The summed E-state index contributed by atoms with van der Waals surface area (Å²) >= 11 is 0. The second-order valence-corrected chi connectivity index (χ2v) is 2.72. The van der Waals surface area contributed by atoms with Gasteiger partial charge in [0.1, 0.15) is 12.1 Å². The van der Waals surface area contributed by atoms with Crippen molar-refractivity contribution in [2.75, 3.05) is 0 Å². The van der Waals surface area contributed by atoms with E-state index in [1.807, 2.05) is 0 Å². The van der Waals surface area contributed by atoms with E-state index in [0.717, 1.165) is 0 Å². The highest BCUT2D eigenvalue weighted by Crippen LogP contribution is 2.13. The van der Waals surface area contributed by atoms with Crippen molar-refractivity contribution in [1.29, 1.82) is 0 Å². The molecule has 2 amide bonds. The van der Waals surface area contributed by atoms with Gasteiger partial charge in [-0.3, -0.25) is 20.0 Å². The van der Waals surface area contributed by atoms with Gasteiger partial charge in [0.05, 0.1) is 0 Å². The van der Waals surface area contributed by atoms with Gasteiger partial charge in [-0.2, -0.15) is 0 Å². The van der Waals surface area contributed by atoms with Gasteiger partial charge < -0.3 is 0 Å². The first-order chi connectivity index (χ1) is 5.46. The highest BCUT2D eigenvalue weighted by atomic mass is 16.5. The molecule has 1 saturated heterocycles. The lowest BCUT2D eigenvalue weighted by molar-refractivity contribution is -0.226. The summed E-state index contributed by atoms with van der Waals surface area (Å²) in [5.41, 5.74) is 0. The maximum Gasteiger partial charge on any atom is 0.271 e. The molecule has 0 bridgehead atoms. The molecule has 0 saturated carbocycles. The van der Waals surface area contributed by atoms with Gasteiger partial charge >= 0.3 is 0 Å². The summed E-state index contributed by atoms with van der Waals surface area (Å²) in [6.07, 6.45) is 0. The van der Waals surface area contributed by atoms with E-state index in [9.17, 15) is 9.59 Å².